The third-order valence-corrected chi connectivity index (χ3v) is 7.27. The quantitative estimate of drug-likeness (QED) is 0.0742. The van der Waals surface area contributed by atoms with Gasteiger partial charge in [0.25, 0.3) is 0 Å². The predicted octanol–water partition coefficient (Wildman–Crippen LogP) is 8.46. The van der Waals surface area contributed by atoms with Crippen LogP contribution in [-0.2, 0) is 13.6 Å². The first-order valence-electron chi connectivity index (χ1n) is 11.4. The Hall–Kier alpha value is -2.28. The molecule has 0 aliphatic carbocycles. The van der Waals surface area contributed by atoms with E-state index < -0.39 is 57.1 Å². The molecule has 0 rings (SSSR count). The van der Waals surface area contributed by atoms with Gasteiger partial charge in [-0.05, 0) is 40.0 Å². The Morgan fingerprint density at radius 1 is 0.525 bits per heavy atom. The predicted molar refractivity (Wildman–Crippen MR) is 119 cm³/mol. The van der Waals surface area contributed by atoms with E-state index in [0.717, 1.165) is 0 Å². The highest BCUT2D eigenvalue weighted by Crippen LogP contribution is 2.61. The fourth-order valence-electron chi connectivity index (χ4n) is 2.09. The molecule has 0 aliphatic heterocycles. The van der Waals surface area contributed by atoms with Crippen molar-refractivity contribution in [1.82, 2.24) is 0 Å². The molecule has 0 radical (unpaired) electrons. The van der Waals surface area contributed by atoms with Crippen LogP contribution in [0.2, 0.25) is 6.04 Å². The minimum Gasteiger partial charge on any atom is -0.373 e. The first kappa shape index (κ1) is 37.7. The molecule has 0 unspecified atom stereocenters. The van der Waals surface area contributed by atoms with Crippen molar-refractivity contribution in [2.24, 2.45) is 15.5 Å². The SMILES string of the molecule is CCC(C)=NO[Si](CCC(F)(F)C(F)(F)C(F)(F)C(F)(F)C(F)(F)C(F)(F)F)(ON=C(C)CC)ON=C(C)CC. The third kappa shape index (κ3) is 7.92. The van der Waals surface area contributed by atoms with E-state index in [2.05, 4.69) is 15.5 Å². The molecule has 0 bridgehead atoms. The Balaban J connectivity index is 6.73. The van der Waals surface area contributed by atoms with E-state index >= 15 is 0 Å². The van der Waals surface area contributed by atoms with Gasteiger partial charge in [0.15, 0.2) is 0 Å². The lowest BCUT2D eigenvalue weighted by Crippen LogP contribution is -2.70. The van der Waals surface area contributed by atoms with Crippen molar-refractivity contribution in [1.29, 1.82) is 0 Å². The van der Waals surface area contributed by atoms with Gasteiger partial charge in [0.2, 0.25) is 0 Å². The molecule has 0 aromatic rings. The Labute approximate surface area is 221 Å². The molecule has 0 aromatic carbocycles. The maximum Gasteiger partial charge on any atom is 0.762 e. The largest absolute Gasteiger partial charge is 0.762 e. The van der Waals surface area contributed by atoms with Crippen LogP contribution in [0.4, 0.5) is 57.1 Å². The normalized spacial score (nSPS) is 17.0. The molecule has 0 spiro atoms. The average molecular weight is 634 g/mol. The summed E-state index contributed by atoms with van der Waals surface area (Å²) in [6.07, 6.45) is -9.61. The smallest absolute Gasteiger partial charge is 0.373 e. The van der Waals surface area contributed by atoms with E-state index in [-0.39, 0.29) is 36.4 Å². The van der Waals surface area contributed by atoms with Crippen LogP contribution in [-0.4, -0.2) is 61.7 Å². The molecule has 0 aromatic heterocycles. The lowest BCUT2D eigenvalue weighted by atomic mass is 9.93. The molecule has 20 heteroatoms. The summed E-state index contributed by atoms with van der Waals surface area (Å²) in [4.78, 5) is 0. The zero-order chi connectivity index (χ0) is 32.0. The second-order valence-corrected chi connectivity index (χ2v) is 10.9. The maximum atomic E-state index is 14.5. The van der Waals surface area contributed by atoms with Crippen molar-refractivity contribution in [2.45, 2.75) is 109 Å². The van der Waals surface area contributed by atoms with Crippen LogP contribution in [0, 0.1) is 0 Å². The molecule has 0 atom stereocenters. The molecule has 0 heterocycles. The molecule has 0 aliphatic rings. The second-order valence-electron chi connectivity index (χ2n) is 8.50. The molecule has 0 amide bonds. The third-order valence-electron chi connectivity index (χ3n) is 5.30. The van der Waals surface area contributed by atoms with Gasteiger partial charge in [-0.25, -0.2) is 0 Å². The van der Waals surface area contributed by atoms with Gasteiger partial charge in [0.05, 0.1) is 23.2 Å². The van der Waals surface area contributed by atoms with Gasteiger partial charge in [0.1, 0.15) is 0 Å². The van der Waals surface area contributed by atoms with Crippen molar-refractivity contribution in [3.05, 3.63) is 0 Å². The summed E-state index contributed by atoms with van der Waals surface area (Å²) in [5.41, 5.74) is 0.400. The Kier molecular flexibility index (Phi) is 12.4. The molecule has 236 valence electrons. The Morgan fingerprint density at radius 2 is 0.825 bits per heavy atom. The maximum absolute atomic E-state index is 14.5. The second kappa shape index (κ2) is 13.1. The van der Waals surface area contributed by atoms with Gasteiger partial charge in [-0.3, -0.25) is 0 Å². The van der Waals surface area contributed by atoms with Gasteiger partial charge >= 0.3 is 44.6 Å². The van der Waals surface area contributed by atoms with Gasteiger partial charge in [0, 0.05) is 6.42 Å². The van der Waals surface area contributed by atoms with Gasteiger partial charge in [-0.15, -0.1) is 15.5 Å². The number of halogens is 13. The lowest BCUT2D eigenvalue weighted by molar-refractivity contribution is -0.440. The van der Waals surface area contributed by atoms with Crippen LogP contribution in [0.3, 0.4) is 0 Å². The standard InChI is InChI=1S/C20H28F13N3O3Si/c1-7-12(4)34-37-40(38-35-13(5)8-2,39-36-14(6)9-3)11-10-15(21,22)16(23,24)17(25,26)18(27,28)19(29,30)20(31,32)33/h7-11H2,1-6H3. The highest BCUT2D eigenvalue weighted by Gasteiger charge is 2.90. The molecule has 40 heavy (non-hydrogen) atoms. The van der Waals surface area contributed by atoms with Gasteiger partial charge in [-0.2, -0.15) is 57.1 Å². The highest BCUT2D eigenvalue weighted by molar-refractivity contribution is 6.60. The van der Waals surface area contributed by atoms with Crippen molar-refractivity contribution < 1.29 is 70.7 Å². The van der Waals surface area contributed by atoms with Crippen LogP contribution in [0.5, 0.6) is 0 Å². The molecule has 0 saturated carbocycles. The van der Waals surface area contributed by atoms with Crippen molar-refractivity contribution >= 4 is 25.9 Å². The molecular weight excluding hydrogens is 605 g/mol. The van der Waals surface area contributed by atoms with Crippen LogP contribution < -0.4 is 0 Å². The average Bonchev–Trinajstić information content (AvgIpc) is 2.85. The topological polar surface area (TPSA) is 64.8 Å². The van der Waals surface area contributed by atoms with Crippen molar-refractivity contribution in [3.8, 4) is 0 Å². The fraction of sp³-hybridized carbons (Fsp3) is 0.850. The van der Waals surface area contributed by atoms with E-state index in [1.165, 1.54) is 20.8 Å². The highest BCUT2D eigenvalue weighted by atomic mass is 28.4. The van der Waals surface area contributed by atoms with Crippen LogP contribution in [0.15, 0.2) is 15.5 Å². The molecular formula is C20H28F13N3O3Si. The number of hydrogen-bond donors (Lipinski definition) is 0. The summed E-state index contributed by atoms with van der Waals surface area (Å²) in [5, 5.41) is 10.5. The lowest BCUT2D eigenvalue weighted by Gasteiger charge is -2.39. The van der Waals surface area contributed by atoms with E-state index in [4.69, 9.17) is 13.6 Å². The summed E-state index contributed by atoms with van der Waals surface area (Å²) in [5.74, 6) is -37.6. The zero-order valence-corrected chi connectivity index (χ0v) is 23.0. The van der Waals surface area contributed by atoms with E-state index in [9.17, 15) is 57.1 Å². The summed E-state index contributed by atoms with van der Waals surface area (Å²) in [6, 6.07) is -1.67. The summed E-state index contributed by atoms with van der Waals surface area (Å²) >= 11 is 0. The number of hydrogen-bond acceptors (Lipinski definition) is 6. The van der Waals surface area contributed by atoms with Crippen molar-refractivity contribution in [2.75, 3.05) is 0 Å². The first-order valence-corrected chi connectivity index (χ1v) is 13.4. The fourth-order valence-corrected chi connectivity index (χ4v) is 3.97. The molecule has 0 N–H and O–H groups in total. The van der Waals surface area contributed by atoms with Crippen LogP contribution >= 0.6 is 0 Å². The van der Waals surface area contributed by atoms with Crippen LogP contribution in [0.25, 0.3) is 0 Å². The Bertz CT molecular complexity index is 883. The molecule has 0 fully saturated rings. The minimum absolute atomic E-state index is 0.133. The number of nitrogens with zero attached hydrogens (tertiary/aromatic N) is 3. The number of rotatable bonds is 16. The minimum atomic E-state index is -8.00. The zero-order valence-electron chi connectivity index (χ0n) is 22.0. The van der Waals surface area contributed by atoms with Crippen molar-refractivity contribution in [3.63, 3.8) is 0 Å². The van der Waals surface area contributed by atoms with E-state index in [1.807, 2.05) is 0 Å². The van der Waals surface area contributed by atoms with Gasteiger partial charge < -0.3 is 13.6 Å². The number of alkyl halides is 13. The monoisotopic (exact) mass is 633 g/mol. The van der Waals surface area contributed by atoms with E-state index in [1.54, 1.807) is 20.8 Å². The first-order chi connectivity index (χ1) is 17.8. The van der Waals surface area contributed by atoms with E-state index in [0.29, 0.717) is 0 Å². The summed E-state index contributed by atoms with van der Waals surface area (Å²) in [6.45, 7) is 8.64. The Morgan fingerprint density at radius 3 is 1.10 bits per heavy atom. The van der Waals surface area contributed by atoms with Crippen LogP contribution in [0.1, 0.15) is 67.2 Å². The summed E-state index contributed by atoms with van der Waals surface area (Å²) < 4.78 is 191. The van der Waals surface area contributed by atoms with Gasteiger partial charge in [-0.1, -0.05) is 20.8 Å². The number of oxime groups is 3. The molecule has 6 nitrogen and oxygen atoms in total. The summed E-state index contributed by atoms with van der Waals surface area (Å²) in [7, 11) is -5.03. The molecule has 0 saturated heterocycles.